The third-order valence-corrected chi connectivity index (χ3v) is 3.17. The zero-order valence-electron chi connectivity index (χ0n) is 9.19. The van der Waals surface area contributed by atoms with Crippen LogP contribution in [0.1, 0.15) is 17.7 Å². The Hall–Kier alpha value is -1.55. The van der Waals surface area contributed by atoms with Crippen LogP contribution in [0.4, 0.5) is 0 Å². The zero-order chi connectivity index (χ0) is 11.1. The van der Waals surface area contributed by atoms with E-state index < -0.39 is 0 Å². The van der Waals surface area contributed by atoms with E-state index >= 15 is 0 Å². The molecule has 84 valence electrons. The Morgan fingerprint density at radius 2 is 2.00 bits per heavy atom. The number of aryl methyl sites for hydroxylation is 1. The molecule has 3 rings (SSSR count). The average molecular weight is 214 g/mol. The van der Waals surface area contributed by atoms with Crippen LogP contribution in [-0.2, 0) is 13.0 Å². The van der Waals surface area contributed by atoms with Crippen LogP contribution in [0.5, 0.6) is 0 Å². The van der Waals surface area contributed by atoms with Gasteiger partial charge in [-0.25, -0.2) is 0 Å². The molecule has 16 heavy (non-hydrogen) atoms. The third kappa shape index (κ3) is 1.30. The molecule has 4 nitrogen and oxygen atoms in total. The summed E-state index contributed by atoms with van der Waals surface area (Å²) in [5.41, 5.74) is 4.38. The van der Waals surface area contributed by atoms with E-state index in [-0.39, 0.29) is 0 Å². The Morgan fingerprint density at radius 1 is 1.19 bits per heavy atom. The minimum absolute atomic E-state index is 0.830. The summed E-state index contributed by atoms with van der Waals surface area (Å²) in [7, 11) is 8.08. The van der Waals surface area contributed by atoms with Crippen LogP contribution in [0.15, 0.2) is 12.4 Å². The largest absolute Gasteiger partial charge is 0.467 e. The Balaban J connectivity index is 2.27. The molecule has 0 atom stereocenters. The summed E-state index contributed by atoms with van der Waals surface area (Å²) in [6.07, 6.45) is 5.62. The van der Waals surface area contributed by atoms with E-state index in [4.69, 9.17) is 0 Å². The minimum atomic E-state index is 0.830. The molecule has 4 heteroatoms. The molecule has 2 aromatic rings. The van der Waals surface area contributed by atoms with Gasteiger partial charge in [-0.3, -0.25) is 17.0 Å². The molecule has 0 spiro atoms. The first-order valence-corrected chi connectivity index (χ1v) is 5.47. The molecule has 0 saturated heterocycles. The van der Waals surface area contributed by atoms with Crippen LogP contribution in [-0.4, -0.2) is 26.0 Å². The summed E-state index contributed by atoms with van der Waals surface area (Å²) in [5.74, 6) is 0. The number of nitrogens with zero attached hydrogens (tertiary/aromatic N) is 4. The molecule has 0 saturated carbocycles. The lowest BCUT2D eigenvalue weighted by atomic mass is 10.1. The van der Waals surface area contributed by atoms with Gasteiger partial charge in [-0.2, -0.15) is 0 Å². The van der Waals surface area contributed by atoms with E-state index in [1.54, 1.807) is 12.4 Å². The van der Waals surface area contributed by atoms with Crippen LogP contribution >= 0.6 is 0 Å². The second-order valence-corrected chi connectivity index (χ2v) is 4.24. The summed E-state index contributed by atoms with van der Waals surface area (Å²) < 4.78 is 1.90. The molecule has 0 fully saturated rings. The normalized spacial score (nSPS) is 17.3. The summed E-state index contributed by atoms with van der Waals surface area (Å²) >= 11 is 0. The van der Waals surface area contributed by atoms with Gasteiger partial charge >= 0.3 is 0 Å². The van der Waals surface area contributed by atoms with Gasteiger partial charge in [-0.05, 0) is 25.9 Å². The van der Waals surface area contributed by atoms with E-state index in [1.165, 1.54) is 11.3 Å². The maximum absolute atomic E-state index is 4.42. The topological polar surface area (TPSA) is 34.0 Å². The number of hydrogen-bond donors (Lipinski definition) is 0. The van der Waals surface area contributed by atoms with Gasteiger partial charge in [0.2, 0.25) is 0 Å². The van der Waals surface area contributed by atoms with Gasteiger partial charge in [0.15, 0.2) is 0 Å². The molecule has 1 aliphatic heterocycles. The van der Waals surface area contributed by atoms with Gasteiger partial charge in [0.25, 0.3) is 0 Å². The number of fused-ring (bicyclic) bond motifs is 3. The molecular formula is C12H14N4-2. The van der Waals surface area contributed by atoms with Crippen LogP contribution < -0.4 is 0 Å². The van der Waals surface area contributed by atoms with Crippen LogP contribution in [0.3, 0.4) is 0 Å². The first kappa shape index (κ1) is 9.66. The van der Waals surface area contributed by atoms with Gasteiger partial charge in [0.1, 0.15) is 0 Å². The highest BCUT2D eigenvalue weighted by molar-refractivity contribution is 5.78. The van der Waals surface area contributed by atoms with Crippen molar-refractivity contribution in [3.63, 3.8) is 0 Å². The van der Waals surface area contributed by atoms with E-state index in [9.17, 15) is 0 Å². The highest BCUT2D eigenvalue weighted by Crippen LogP contribution is 2.26. The predicted molar refractivity (Wildman–Crippen MR) is 62.4 cm³/mol. The summed E-state index contributed by atoms with van der Waals surface area (Å²) in [6, 6.07) is 0. The monoisotopic (exact) mass is 214 g/mol. The van der Waals surface area contributed by atoms with Crippen molar-refractivity contribution >= 4 is 11.2 Å². The maximum atomic E-state index is 4.42. The van der Waals surface area contributed by atoms with Crippen molar-refractivity contribution in [3.05, 3.63) is 37.7 Å². The summed E-state index contributed by atoms with van der Waals surface area (Å²) in [6.45, 7) is 1.85. The van der Waals surface area contributed by atoms with Crippen LogP contribution in [0, 0.1) is 14.1 Å². The second-order valence-electron chi connectivity index (χ2n) is 4.24. The van der Waals surface area contributed by atoms with Crippen molar-refractivity contribution in [1.29, 1.82) is 0 Å². The Kier molecular flexibility index (Phi) is 2.11. The number of rotatable bonds is 0. The molecule has 0 bridgehead atoms. The van der Waals surface area contributed by atoms with Crippen molar-refractivity contribution in [2.45, 2.75) is 19.4 Å². The molecule has 0 aromatic carbocycles. The Bertz CT molecular complexity index is 529. The predicted octanol–water partition coefficient (Wildman–Crippen LogP) is 1.61. The molecule has 2 aromatic heterocycles. The van der Waals surface area contributed by atoms with Gasteiger partial charge in [-0.15, -0.1) is 7.05 Å². The summed E-state index contributed by atoms with van der Waals surface area (Å²) in [4.78, 5) is 10.8. The average Bonchev–Trinajstić information content (AvgIpc) is 2.47. The Labute approximate surface area is 94.9 Å². The van der Waals surface area contributed by atoms with Crippen molar-refractivity contribution in [3.8, 4) is 0 Å². The SMILES string of the molecule is [CH2-]N1CCCc2c(n([CH2-])c3nccnc23)C1. The fourth-order valence-electron chi connectivity index (χ4n) is 2.38. The highest BCUT2D eigenvalue weighted by Gasteiger charge is 2.12. The fraction of sp³-hybridized carbons (Fsp3) is 0.333. The molecule has 0 aliphatic carbocycles. The van der Waals surface area contributed by atoms with Crippen LogP contribution in [0.2, 0.25) is 0 Å². The first-order valence-electron chi connectivity index (χ1n) is 5.47. The van der Waals surface area contributed by atoms with Gasteiger partial charge < -0.3 is 9.47 Å². The first-order chi connectivity index (χ1) is 7.77. The standard InChI is InChI=1S/C12H14N4/c1-15-7-3-4-9-10(8-15)16(2)12-11(9)13-5-6-14-12/h5-6H,1-4,7-8H2/q-2. The molecular weight excluding hydrogens is 200 g/mol. The van der Waals surface area contributed by atoms with Crippen LogP contribution in [0.25, 0.3) is 11.2 Å². The molecule has 1 aliphatic rings. The zero-order valence-corrected chi connectivity index (χ0v) is 9.19. The van der Waals surface area contributed by atoms with Gasteiger partial charge in [0, 0.05) is 17.9 Å². The quantitative estimate of drug-likeness (QED) is 0.625. The minimum Gasteiger partial charge on any atom is -0.467 e. The Morgan fingerprint density at radius 3 is 2.88 bits per heavy atom. The lowest BCUT2D eigenvalue weighted by Crippen LogP contribution is -2.16. The summed E-state index contributed by atoms with van der Waals surface area (Å²) in [5, 5.41) is 0. The molecule has 3 heterocycles. The van der Waals surface area contributed by atoms with Crippen molar-refractivity contribution in [2.24, 2.45) is 0 Å². The smallest absolute Gasteiger partial charge is 0.0510 e. The lowest BCUT2D eigenvalue weighted by molar-refractivity contribution is 0.363. The number of aromatic nitrogens is 3. The third-order valence-electron chi connectivity index (χ3n) is 3.17. The molecule has 0 amide bonds. The molecule has 0 unspecified atom stereocenters. The fourth-order valence-corrected chi connectivity index (χ4v) is 2.38. The van der Waals surface area contributed by atoms with Crippen molar-refractivity contribution in [2.75, 3.05) is 6.54 Å². The van der Waals surface area contributed by atoms with E-state index in [2.05, 4.69) is 29.0 Å². The van der Waals surface area contributed by atoms with E-state index in [0.717, 1.165) is 37.1 Å². The molecule has 0 N–H and O–H groups in total. The number of hydrogen-bond acceptors (Lipinski definition) is 3. The lowest BCUT2D eigenvalue weighted by Gasteiger charge is -2.26. The van der Waals surface area contributed by atoms with Gasteiger partial charge in [0.05, 0.1) is 5.65 Å². The van der Waals surface area contributed by atoms with E-state index in [0.29, 0.717) is 0 Å². The molecule has 0 radical (unpaired) electrons. The van der Waals surface area contributed by atoms with E-state index in [1.807, 2.05) is 4.57 Å². The second kappa shape index (κ2) is 3.49. The highest BCUT2D eigenvalue weighted by atomic mass is 15.1. The van der Waals surface area contributed by atoms with Gasteiger partial charge in [-0.1, -0.05) is 11.3 Å². The maximum Gasteiger partial charge on any atom is 0.0510 e. The van der Waals surface area contributed by atoms with Crippen molar-refractivity contribution < 1.29 is 0 Å². The van der Waals surface area contributed by atoms with Crippen molar-refractivity contribution in [1.82, 2.24) is 19.4 Å².